The summed E-state index contributed by atoms with van der Waals surface area (Å²) in [6.07, 6.45) is 0. The van der Waals surface area contributed by atoms with Crippen LogP contribution in [0, 0.1) is 0 Å². The van der Waals surface area contributed by atoms with Crippen molar-refractivity contribution >= 4 is 75.5 Å². The second kappa shape index (κ2) is 7.67. The van der Waals surface area contributed by atoms with E-state index in [2.05, 4.69) is 4.18 Å². The van der Waals surface area contributed by atoms with Crippen LogP contribution in [0.4, 0.5) is 0 Å². The van der Waals surface area contributed by atoms with E-state index in [1.807, 2.05) is 0 Å². The SMILES string of the molecule is O=C(O)c1ccccc1OS(=O)(=O)O.[NaH].[NaH]. The van der Waals surface area contributed by atoms with Gasteiger partial charge in [0.2, 0.25) is 0 Å². The fourth-order valence-electron chi connectivity index (χ4n) is 0.829. The normalized spacial score (nSPS) is 9.56. The van der Waals surface area contributed by atoms with Crippen LogP contribution >= 0.6 is 0 Å². The third kappa shape index (κ3) is 6.21. The third-order valence-electron chi connectivity index (χ3n) is 1.31. The van der Waals surface area contributed by atoms with Gasteiger partial charge in [-0.3, -0.25) is 4.55 Å². The fourth-order valence-corrected chi connectivity index (χ4v) is 1.20. The Balaban J connectivity index is 0. The van der Waals surface area contributed by atoms with Crippen LogP contribution in [0.15, 0.2) is 24.3 Å². The Bertz CT molecular complexity index is 458. The molecule has 0 aliphatic heterocycles. The van der Waals surface area contributed by atoms with Gasteiger partial charge in [0.15, 0.2) is 5.75 Å². The summed E-state index contributed by atoms with van der Waals surface area (Å²) in [5.74, 6) is -1.77. The van der Waals surface area contributed by atoms with Gasteiger partial charge >= 0.3 is 75.5 Å². The molecule has 0 spiro atoms. The van der Waals surface area contributed by atoms with E-state index >= 15 is 0 Å². The Morgan fingerprint density at radius 2 is 1.69 bits per heavy atom. The minimum atomic E-state index is -4.70. The Labute approximate surface area is 137 Å². The van der Waals surface area contributed by atoms with Crippen molar-refractivity contribution < 1.29 is 27.1 Å². The van der Waals surface area contributed by atoms with Crippen molar-refractivity contribution in [3.05, 3.63) is 29.8 Å². The van der Waals surface area contributed by atoms with E-state index in [1.54, 1.807) is 0 Å². The first kappa shape index (κ1) is 18.8. The molecule has 0 bridgehead atoms. The molecule has 16 heavy (non-hydrogen) atoms. The van der Waals surface area contributed by atoms with Gasteiger partial charge in [-0.15, -0.1) is 0 Å². The molecule has 0 fully saturated rings. The van der Waals surface area contributed by atoms with Crippen molar-refractivity contribution in [2.45, 2.75) is 0 Å². The summed E-state index contributed by atoms with van der Waals surface area (Å²) in [5.41, 5.74) is -0.342. The van der Waals surface area contributed by atoms with E-state index in [9.17, 15) is 13.2 Å². The van der Waals surface area contributed by atoms with Crippen LogP contribution in [0.1, 0.15) is 10.4 Å². The van der Waals surface area contributed by atoms with E-state index in [0.29, 0.717) is 0 Å². The molecule has 1 aromatic rings. The van der Waals surface area contributed by atoms with Gasteiger partial charge in [-0.1, -0.05) is 12.1 Å². The molecule has 0 atom stereocenters. The summed E-state index contributed by atoms with van der Waals surface area (Å²) in [5, 5.41) is 8.61. The van der Waals surface area contributed by atoms with Gasteiger partial charge in [0, 0.05) is 0 Å². The number of aromatic carboxylic acids is 1. The topological polar surface area (TPSA) is 101 Å². The molecule has 6 nitrogen and oxygen atoms in total. The molecule has 0 heterocycles. The fraction of sp³-hybridized carbons (Fsp3) is 0. The zero-order chi connectivity index (χ0) is 10.8. The zero-order valence-electron chi connectivity index (χ0n) is 6.75. The van der Waals surface area contributed by atoms with Crippen LogP contribution in [0.5, 0.6) is 5.75 Å². The molecule has 0 aromatic heterocycles. The molecule has 9 heteroatoms. The maximum absolute atomic E-state index is 10.6. The maximum atomic E-state index is 10.6. The average Bonchev–Trinajstić information content (AvgIpc) is 2.01. The van der Waals surface area contributed by atoms with Crippen molar-refractivity contribution in [1.29, 1.82) is 0 Å². The summed E-state index contributed by atoms with van der Waals surface area (Å²) >= 11 is 0. The van der Waals surface area contributed by atoms with Crippen molar-refractivity contribution in [3.63, 3.8) is 0 Å². The number of hydrogen-bond donors (Lipinski definition) is 2. The number of carbonyl (C=O) groups is 1. The molecule has 0 saturated carbocycles. The average molecular weight is 266 g/mol. The van der Waals surface area contributed by atoms with Gasteiger partial charge in [0.1, 0.15) is 5.56 Å². The molecule has 0 unspecified atom stereocenters. The van der Waals surface area contributed by atoms with Crippen molar-refractivity contribution in [2.75, 3.05) is 0 Å². The summed E-state index contributed by atoms with van der Waals surface area (Å²) < 4.78 is 33.0. The van der Waals surface area contributed by atoms with Gasteiger partial charge in [0.25, 0.3) is 0 Å². The molecular formula is C7H8Na2O6S. The molecule has 0 radical (unpaired) electrons. The van der Waals surface area contributed by atoms with E-state index in [0.717, 1.165) is 12.1 Å². The first-order valence-electron chi connectivity index (χ1n) is 3.39. The van der Waals surface area contributed by atoms with Crippen LogP contribution in [-0.4, -0.2) is 83.2 Å². The summed E-state index contributed by atoms with van der Waals surface area (Å²) in [6, 6.07) is 5.06. The monoisotopic (exact) mass is 266 g/mol. The van der Waals surface area contributed by atoms with Gasteiger partial charge < -0.3 is 9.29 Å². The van der Waals surface area contributed by atoms with E-state index in [-0.39, 0.29) is 64.7 Å². The number of rotatable bonds is 3. The van der Waals surface area contributed by atoms with Crippen LogP contribution < -0.4 is 4.18 Å². The molecule has 0 amide bonds. The predicted octanol–water partition coefficient (Wildman–Crippen LogP) is -0.731. The molecule has 1 rings (SSSR count). The van der Waals surface area contributed by atoms with Gasteiger partial charge in [-0.05, 0) is 12.1 Å². The van der Waals surface area contributed by atoms with E-state index < -0.39 is 22.1 Å². The Hall–Kier alpha value is 0.400. The first-order valence-corrected chi connectivity index (χ1v) is 4.76. The second-order valence-electron chi connectivity index (χ2n) is 2.31. The van der Waals surface area contributed by atoms with Crippen LogP contribution in [0.25, 0.3) is 0 Å². The summed E-state index contributed by atoms with van der Waals surface area (Å²) in [6.45, 7) is 0. The Morgan fingerprint density at radius 1 is 1.19 bits per heavy atom. The zero-order valence-corrected chi connectivity index (χ0v) is 7.56. The molecule has 80 valence electrons. The third-order valence-corrected chi connectivity index (χ3v) is 1.70. The Morgan fingerprint density at radius 3 is 2.12 bits per heavy atom. The van der Waals surface area contributed by atoms with Crippen LogP contribution in [0.3, 0.4) is 0 Å². The van der Waals surface area contributed by atoms with E-state index in [1.165, 1.54) is 12.1 Å². The number of hydrogen-bond acceptors (Lipinski definition) is 4. The van der Waals surface area contributed by atoms with Gasteiger partial charge in [0.05, 0.1) is 0 Å². The van der Waals surface area contributed by atoms with Crippen LogP contribution in [0.2, 0.25) is 0 Å². The summed E-state index contributed by atoms with van der Waals surface area (Å²) in [7, 11) is -4.70. The number of carboxylic acid groups (broad SMARTS) is 1. The van der Waals surface area contributed by atoms with Crippen molar-refractivity contribution in [2.24, 2.45) is 0 Å². The molecule has 1 aromatic carbocycles. The number of para-hydroxylation sites is 1. The quantitative estimate of drug-likeness (QED) is 0.552. The van der Waals surface area contributed by atoms with E-state index in [4.69, 9.17) is 9.66 Å². The minimum absolute atomic E-state index is 0. The van der Waals surface area contributed by atoms with Gasteiger partial charge in [-0.2, -0.15) is 8.42 Å². The molecule has 0 saturated heterocycles. The number of benzene rings is 1. The predicted molar refractivity (Wildman–Crippen MR) is 59.9 cm³/mol. The first-order chi connectivity index (χ1) is 6.40. The molecule has 0 aliphatic rings. The molecule has 0 aliphatic carbocycles. The van der Waals surface area contributed by atoms with Crippen LogP contribution in [-0.2, 0) is 10.4 Å². The number of carboxylic acids is 1. The summed E-state index contributed by atoms with van der Waals surface area (Å²) in [4.78, 5) is 10.6. The molecular weight excluding hydrogens is 258 g/mol. The van der Waals surface area contributed by atoms with Crippen molar-refractivity contribution in [1.82, 2.24) is 0 Å². The van der Waals surface area contributed by atoms with Gasteiger partial charge in [-0.25, -0.2) is 4.79 Å². The molecule has 2 N–H and O–H groups in total. The Kier molecular flexibility index (Phi) is 9.00. The van der Waals surface area contributed by atoms with Crippen molar-refractivity contribution in [3.8, 4) is 5.75 Å². The standard InChI is InChI=1S/C7H6O6S.2Na.2H/c8-7(9)5-3-1-2-4-6(5)13-14(10,11)12;;;;/h1-4H,(H,8,9)(H,10,11,12);;;;. The second-order valence-corrected chi connectivity index (χ2v) is 3.33.